The average Bonchev–Trinajstić information content (AvgIpc) is 2.32. The summed E-state index contributed by atoms with van der Waals surface area (Å²) in [5, 5.41) is 18.7. The zero-order chi connectivity index (χ0) is 12.4. The normalized spacial score (nSPS) is 24.5. The van der Waals surface area contributed by atoms with E-state index in [1.54, 1.807) is 0 Å². The lowest BCUT2D eigenvalue weighted by atomic mass is 9.95. The van der Waals surface area contributed by atoms with Crippen LogP contribution in [0.4, 0.5) is 5.69 Å². The van der Waals surface area contributed by atoms with Gasteiger partial charge < -0.3 is 10.0 Å². The van der Waals surface area contributed by atoms with E-state index in [1.165, 1.54) is 0 Å². The van der Waals surface area contributed by atoms with Gasteiger partial charge in [-0.25, -0.2) is 0 Å². The highest BCUT2D eigenvalue weighted by molar-refractivity contribution is 9.10. The van der Waals surface area contributed by atoms with Crippen molar-refractivity contribution in [3.63, 3.8) is 0 Å². The lowest BCUT2D eigenvalue weighted by Crippen LogP contribution is -2.42. The van der Waals surface area contributed by atoms with Crippen LogP contribution in [0.5, 0.6) is 0 Å². The van der Waals surface area contributed by atoms with Crippen molar-refractivity contribution in [2.75, 3.05) is 18.0 Å². The molecule has 3 nitrogen and oxygen atoms in total. The smallest absolute Gasteiger partial charge is 0.100 e. The lowest BCUT2D eigenvalue weighted by molar-refractivity contribution is 0.103. The highest BCUT2D eigenvalue weighted by Gasteiger charge is 2.24. The second-order valence-corrected chi connectivity index (χ2v) is 5.41. The molecule has 0 saturated carbocycles. The Bertz CT molecular complexity index is 455. The summed E-state index contributed by atoms with van der Waals surface area (Å²) in [7, 11) is 0. The van der Waals surface area contributed by atoms with Crippen molar-refractivity contribution >= 4 is 21.6 Å². The third kappa shape index (κ3) is 2.62. The molecule has 0 aromatic heterocycles. The molecule has 4 heteroatoms. The molecule has 1 saturated heterocycles. The molecule has 17 heavy (non-hydrogen) atoms. The summed E-state index contributed by atoms with van der Waals surface area (Å²) in [6.07, 6.45) is 0.733. The molecule has 1 aromatic carbocycles. The first kappa shape index (κ1) is 12.4. The number of nitrogens with zero attached hydrogens (tertiary/aromatic N) is 2. The first-order chi connectivity index (χ1) is 8.11. The van der Waals surface area contributed by atoms with Crippen LogP contribution >= 0.6 is 15.9 Å². The molecular formula is C13H15BrN2O. The Labute approximate surface area is 110 Å². The van der Waals surface area contributed by atoms with Crippen LogP contribution in [0.2, 0.25) is 0 Å². The molecule has 1 aromatic rings. The molecule has 0 bridgehead atoms. The van der Waals surface area contributed by atoms with Gasteiger partial charge in [0.1, 0.15) is 6.07 Å². The number of anilines is 1. The highest BCUT2D eigenvalue weighted by Crippen LogP contribution is 2.27. The van der Waals surface area contributed by atoms with Crippen LogP contribution in [0, 0.1) is 17.2 Å². The Morgan fingerprint density at radius 3 is 2.88 bits per heavy atom. The molecule has 0 amide bonds. The van der Waals surface area contributed by atoms with E-state index in [2.05, 4.69) is 33.8 Å². The number of benzene rings is 1. The van der Waals surface area contributed by atoms with Crippen molar-refractivity contribution in [2.45, 2.75) is 19.4 Å². The predicted molar refractivity (Wildman–Crippen MR) is 70.9 cm³/mol. The van der Waals surface area contributed by atoms with Crippen molar-refractivity contribution in [2.24, 2.45) is 5.92 Å². The summed E-state index contributed by atoms with van der Waals surface area (Å²) in [5.41, 5.74) is 1.70. The van der Waals surface area contributed by atoms with Gasteiger partial charge in [0.2, 0.25) is 0 Å². The van der Waals surface area contributed by atoms with E-state index < -0.39 is 0 Å². The maximum absolute atomic E-state index is 9.87. The molecule has 1 aliphatic heterocycles. The molecule has 0 radical (unpaired) electrons. The lowest BCUT2D eigenvalue weighted by Gasteiger charge is -2.35. The topological polar surface area (TPSA) is 47.3 Å². The molecule has 90 valence electrons. The van der Waals surface area contributed by atoms with Crippen LogP contribution in [-0.2, 0) is 0 Å². The van der Waals surface area contributed by atoms with Gasteiger partial charge in [-0.1, -0.05) is 6.92 Å². The Morgan fingerprint density at radius 1 is 1.53 bits per heavy atom. The maximum Gasteiger partial charge on any atom is 0.100 e. The number of hydrogen-bond donors (Lipinski definition) is 1. The standard InChI is InChI=1S/C13H15BrN2O/c1-9-4-5-16(8-13(9)17)11-3-2-10(7-15)12(14)6-11/h2-3,6,9,13,17H,4-5,8H2,1H3. The third-order valence-corrected chi connectivity index (χ3v) is 4.01. The molecule has 1 heterocycles. The van der Waals surface area contributed by atoms with Gasteiger partial charge in [0.05, 0.1) is 11.7 Å². The second kappa shape index (κ2) is 5.07. The molecule has 0 aliphatic carbocycles. The Kier molecular flexibility index (Phi) is 3.70. The van der Waals surface area contributed by atoms with E-state index in [4.69, 9.17) is 5.26 Å². The maximum atomic E-state index is 9.87. The molecule has 2 atom stereocenters. The number of piperidine rings is 1. The minimum atomic E-state index is -0.266. The van der Waals surface area contributed by atoms with Gasteiger partial charge in [0.25, 0.3) is 0 Å². The van der Waals surface area contributed by atoms with Gasteiger partial charge in [-0.2, -0.15) is 5.26 Å². The largest absolute Gasteiger partial charge is 0.391 e. The van der Waals surface area contributed by atoms with Crippen LogP contribution in [-0.4, -0.2) is 24.3 Å². The monoisotopic (exact) mass is 294 g/mol. The summed E-state index contributed by atoms with van der Waals surface area (Å²) in [4.78, 5) is 2.16. The Morgan fingerprint density at radius 2 is 2.29 bits per heavy atom. The van der Waals surface area contributed by atoms with E-state index >= 15 is 0 Å². The molecular weight excluding hydrogens is 280 g/mol. The molecule has 1 N–H and O–H groups in total. The fourth-order valence-electron chi connectivity index (χ4n) is 2.07. The summed E-state index contributed by atoms with van der Waals surface area (Å²) in [6, 6.07) is 7.82. The SMILES string of the molecule is CC1CCN(c2ccc(C#N)c(Br)c2)CC1O. The van der Waals surface area contributed by atoms with E-state index in [0.717, 1.165) is 23.1 Å². The fraction of sp³-hybridized carbons (Fsp3) is 0.462. The first-order valence-corrected chi connectivity index (χ1v) is 6.54. The number of aliphatic hydroxyl groups is 1. The van der Waals surface area contributed by atoms with Crippen LogP contribution in [0.25, 0.3) is 0 Å². The van der Waals surface area contributed by atoms with Crippen LogP contribution in [0.15, 0.2) is 22.7 Å². The van der Waals surface area contributed by atoms with Gasteiger partial charge >= 0.3 is 0 Å². The van der Waals surface area contributed by atoms with Crippen LogP contribution < -0.4 is 4.90 Å². The fourth-order valence-corrected chi connectivity index (χ4v) is 2.53. The minimum Gasteiger partial charge on any atom is -0.391 e. The quantitative estimate of drug-likeness (QED) is 0.866. The Hall–Kier alpha value is -1.05. The number of hydrogen-bond acceptors (Lipinski definition) is 3. The number of halogens is 1. The third-order valence-electron chi connectivity index (χ3n) is 3.36. The van der Waals surface area contributed by atoms with Gasteiger partial charge in [-0.15, -0.1) is 0 Å². The number of β-amino-alcohol motifs (C(OH)–C–C–N with tert-alkyl or cyclic N) is 1. The van der Waals surface area contributed by atoms with Crippen molar-refractivity contribution < 1.29 is 5.11 Å². The molecule has 2 unspecified atom stereocenters. The Balaban J connectivity index is 2.18. The average molecular weight is 295 g/mol. The molecule has 2 rings (SSSR count). The predicted octanol–water partition coefficient (Wildman–Crippen LogP) is 2.53. The zero-order valence-corrected chi connectivity index (χ0v) is 11.3. The number of nitriles is 1. The first-order valence-electron chi connectivity index (χ1n) is 5.74. The van der Waals surface area contributed by atoms with E-state index in [0.29, 0.717) is 18.0 Å². The van der Waals surface area contributed by atoms with Gasteiger partial charge in [0, 0.05) is 23.2 Å². The molecule has 1 aliphatic rings. The molecule has 1 fully saturated rings. The van der Waals surface area contributed by atoms with Crippen molar-refractivity contribution in [3.05, 3.63) is 28.2 Å². The van der Waals surface area contributed by atoms with Gasteiger partial charge in [-0.3, -0.25) is 0 Å². The summed E-state index contributed by atoms with van der Waals surface area (Å²) < 4.78 is 0.811. The van der Waals surface area contributed by atoms with Crippen molar-refractivity contribution in [1.82, 2.24) is 0 Å². The van der Waals surface area contributed by atoms with Crippen LogP contribution in [0.1, 0.15) is 18.9 Å². The van der Waals surface area contributed by atoms with E-state index in [-0.39, 0.29) is 6.10 Å². The molecule has 0 spiro atoms. The summed E-state index contributed by atoms with van der Waals surface area (Å²) in [5.74, 6) is 0.369. The van der Waals surface area contributed by atoms with Crippen LogP contribution in [0.3, 0.4) is 0 Å². The number of rotatable bonds is 1. The van der Waals surface area contributed by atoms with Crippen molar-refractivity contribution in [3.8, 4) is 6.07 Å². The second-order valence-electron chi connectivity index (χ2n) is 4.56. The van der Waals surface area contributed by atoms with E-state index in [1.807, 2.05) is 18.2 Å². The zero-order valence-electron chi connectivity index (χ0n) is 9.73. The summed E-state index contributed by atoms with van der Waals surface area (Å²) >= 11 is 3.39. The van der Waals surface area contributed by atoms with Gasteiger partial charge in [-0.05, 0) is 46.5 Å². The van der Waals surface area contributed by atoms with Gasteiger partial charge in [0.15, 0.2) is 0 Å². The number of aliphatic hydroxyl groups excluding tert-OH is 1. The minimum absolute atomic E-state index is 0.266. The van der Waals surface area contributed by atoms with E-state index in [9.17, 15) is 5.11 Å². The summed E-state index contributed by atoms with van der Waals surface area (Å²) in [6.45, 7) is 3.70. The highest BCUT2D eigenvalue weighted by atomic mass is 79.9. The van der Waals surface area contributed by atoms with Crippen molar-refractivity contribution in [1.29, 1.82) is 5.26 Å².